The van der Waals surface area contributed by atoms with Crippen LogP contribution in [0.1, 0.15) is 31.4 Å². The maximum absolute atomic E-state index is 12.6. The minimum Gasteiger partial charge on any atom is -0.353 e. The Morgan fingerprint density at radius 3 is 2.82 bits per heavy atom. The fourth-order valence-electron chi connectivity index (χ4n) is 5.37. The molecule has 6 aromatic rings. The highest BCUT2D eigenvalue weighted by Crippen LogP contribution is 2.32. The number of rotatable bonds is 5. The van der Waals surface area contributed by atoms with Gasteiger partial charge in [-0.3, -0.25) is 14.9 Å². The molecule has 0 bridgehead atoms. The Morgan fingerprint density at radius 2 is 1.97 bits per heavy atom. The van der Waals surface area contributed by atoms with E-state index < -0.39 is 0 Å². The van der Waals surface area contributed by atoms with Gasteiger partial charge in [-0.15, -0.1) is 0 Å². The summed E-state index contributed by atoms with van der Waals surface area (Å²) in [6.07, 6.45) is 11.4. The molecule has 0 spiro atoms. The molecule has 0 atom stereocenters. The number of nitrogens with zero attached hydrogens (tertiary/aromatic N) is 5. The molecule has 0 aliphatic heterocycles. The number of carbonyl (C=O) groups is 1. The predicted octanol–water partition coefficient (Wildman–Crippen LogP) is 5.79. The van der Waals surface area contributed by atoms with Crippen molar-refractivity contribution in [1.82, 2.24) is 34.7 Å². The van der Waals surface area contributed by atoms with Crippen LogP contribution in [0.3, 0.4) is 0 Å². The number of hydrogen-bond donors (Lipinski definition) is 3. The van der Waals surface area contributed by atoms with Crippen molar-refractivity contribution in [3.05, 3.63) is 73.1 Å². The van der Waals surface area contributed by atoms with Crippen LogP contribution in [0.15, 0.2) is 67.4 Å². The number of H-pyrrole nitrogens is 2. The van der Waals surface area contributed by atoms with Gasteiger partial charge in [-0.25, -0.2) is 9.97 Å². The third kappa shape index (κ3) is 3.92. The number of anilines is 1. The van der Waals surface area contributed by atoms with Gasteiger partial charge in [-0.05, 0) is 56.2 Å². The van der Waals surface area contributed by atoms with Crippen molar-refractivity contribution in [2.45, 2.75) is 32.6 Å². The molecule has 188 valence electrons. The maximum Gasteiger partial charge on any atom is 0.227 e. The van der Waals surface area contributed by atoms with Crippen LogP contribution in [-0.2, 0) is 4.79 Å². The van der Waals surface area contributed by atoms with Gasteiger partial charge in [0.15, 0.2) is 0 Å². The topological polar surface area (TPSA) is 117 Å². The first-order valence-corrected chi connectivity index (χ1v) is 12.9. The van der Waals surface area contributed by atoms with Crippen LogP contribution in [-0.4, -0.2) is 40.6 Å². The first-order valence-electron chi connectivity index (χ1n) is 12.9. The van der Waals surface area contributed by atoms with E-state index >= 15 is 0 Å². The van der Waals surface area contributed by atoms with Gasteiger partial charge in [0, 0.05) is 34.8 Å². The SMILES string of the molecule is Cc1cn(-c2cccc3[nH]c(-c4n[nH]c5ccc(-c6cncc(NC(=O)C7CCCC7)c6)nc45)cc23)cn1. The van der Waals surface area contributed by atoms with E-state index in [0.717, 1.165) is 81.6 Å². The van der Waals surface area contributed by atoms with E-state index in [0.29, 0.717) is 5.69 Å². The molecular weight excluding hydrogens is 476 g/mol. The number of amides is 1. The van der Waals surface area contributed by atoms with Gasteiger partial charge < -0.3 is 14.9 Å². The zero-order valence-electron chi connectivity index (χ0n) is 20.9. The monoisotopic (exact) mass is 502 g/mol. The number of hydrogen-bond acceptors (Lipinski definition) is 5. The predicted molar refractivity (Wildman–Crippen MR) is 147 cm³/mol. The second-order valence-corrected chi connectivity index (χ2v) is 9.94. The summed E-state index contributed by atoms with van der Waals surface area (Å²) < 4.78 is 2.03. The summed E-state index contributed by atoms with van der Waals surface area (Å²) in [6.45, 7) is 1.98. The van der Waals surface area contributed by atoms with Crippen LogP contribution < -0.4 is 5.32 Å². The normalized spacial score (nSPS) is 14.0. The highest BCUT2D eigenvalue weighted by molar-refractivity contribution is 5.97. The summed E-state index contributed by atoms with van der Waals surface area (Å²) in [4.78, 5) is 29.8. The molecule has 9 heteroatoms. The Labute approximate surface area is 218 Å². The van der Waals surface area contributed by atoms with Crippen molar-refractivity contribution in [3.63, 3.8) is 0 Å². The van der Waals surface area contributed by atoms with Gasteiger partial charge in [0.2, 0.25) is 5.91 Å². The van der Waals surface area contributed by atoms with Gasteiger partial charge in [-0.2, -0.15) is 5.10 Å². The van der Waals surface area contributed by atoms with E-state index in [9.17, 15) is 4.79 Å². The average molecular weight is 503 g/mol. The molecule has 1 amide bonds. The number of benzene rings is 1. The molecule has 5 aromatic heterocycles. The summed E-state index contributed by atoms with van der Waals surface area (Å²) in [5.74, 6) is 0.169. The Balaban J connectivity index is 1.24. The molecule has 0 unspecified atom stereocenters. The van der Waals surface area contributed by atoms with Crippen LogP contribution >= 0.6 is 0 Å². The number of fused-ring (bicyclic) bond motifs is 2. The van der Waals surface area contributed by atoms with Crippen molar-refractivity contribution < 1.29 is 4.79 Å². The van der Waals surface area contributed by atoms with Crippen LogP contribution in [0.4, 0.5) is 5.69 Å². The van der Waals surface area contributed by atoms with Gasteiger partial charge in [-0.1, -0.05) is 18.9 Å². The minimum absolute atomic E-state index is 0.0750. The van der Waals surface area contributed by atoms with Crippen molar-refractivity contribution in [1.29, 1.82) is 0 Å². The largest absolute Gasteiger partial charge is 0.353 e. The van der Waals surface area contributed by atoms with Gasteiger partial charge in [0.25, 0.3) is 0 Å². The molecule has 1 fully saturated rings. The number of imidazole rings is 1. The smallest absolute Gasteiger partial charge is 0.227 e. The lowest BCUT2D eigenvalue weighted by Crippen LogP contribution is -2.20. The zero-order chi connectivity index (χ0) is 25.6. The molecule has 1 saturated carbocycles. The quantitative estimate of drug-likeness (QED) is 0.276. The summed E-state index contributed by atoms with van der Waals surface area (Å²) in [7, 11) is 0. The Morgan fingerprint density at radius 1 is 1.08 bits per heavy atom. The van der Waals surface area contributed by atoms with E-state index in [1.165, 1.54) is 0 Å². The molecule has 0 radical (unpaired) electrons. The molecule has 0 saturated heterocycles. The number of nitrogens with one attached hydrogen (secondary N) is 3. The van der Waals surface area contributed by atoms with E-state index in [2.05, 4.69) is 48.7 Å². The zero-order valence-corrected chi connectivity index (χ0v) is 20.9. The fourth-order valence-corrected chi connectivity index (χ4v) is 5.37. The van der Waals surface area contributed by atoms with Crippen molar-refractivity contribution in [3.8, 4) is 28.3 Å². The first-order chi connectivity index (χ1) is 18.6. The summed E-state index contributed by atoms with van der Waals surface area (Å²) >= 11 is 0. The molecule has 1 aromatic carbocycles. The summed E-state index contributed by atoms with van der Waals surface area (Å²) in [6, 6.07) is 14.1. The molecule has 7 rings (SSSR count). The number of carbonyl (C=O) groups excluding carboxylic acids is 1. The summed E-state index contributed by atoms with van der Waals surface area (Å²) in [5, 5.41) is 11.8. The van der Waals surface area contributed by atoms with Gasteiger partial charge in [0.1, 0.15) is 11.2 Å². The number of aromatic nitrogens is 7. The third-order valence-corrected chi connectivity index (χ3v) is 7.32. The van der Waals surface area contributed by atoms with Gasteiger partial charge >= 0.3 is 0 Å². The lowest BCUT2D eigenvalue weighted by atomic mass is 10.1. The van der Waals surface area contributed by atoms with Crippen LogP contribution in [0, 0.1) is 12.8 Å². The van der Waals surface area contributed by atoms with E-state index in [1.807, 2.05) is 48.3 Å². The van der Waals surface area contributed by atoms with Gasteiger partial charge in [0.05, 0.1) is 46.5 Å². The molecule has 3 N–H and O–H groups in total. The number of aromatic amines is 2. The second-order valence-electron chi connectivity index (χ2n) is 9.94. The lowest BCUT2D eigenvalue weighted by Gasteiger charge is -2.11. The van der Waals surface area contributed by atoms with Crippen LogP contribution in [0.25, 0.3) is 50.3 Å². The molecule has 1 aliphatic rings. The second kappa shape index (κ2) is 8.95. The molecule has 38 heavy (non-hydrogen) atoms. The van der Waals surface area contributed by atoms with Crippen molar-refractivity contribution in [2.75, 3.05) is 5.32 Å². The average Bonchev–Trinajstić information content (AvgIpc) is 3.74. The lowest BCUT2D eigenvalue weighted by molar-refractivity contribution is -0.119. The molecule has 1 aliphatic carbocycles. The Kier molecular flexibility index (Phi) is 5.28. The van der Waals surface area contributed by atoms with Crippen LogP contribution in [0.5, 0.6) is 0 Å². The Hall–Kier alpha value is -4.79. The highest BCUT2D eigenvalue weighted by Gasteiger charge is 2.23. The van der Waals surface area contributed by atoms with E-state index in [-0.39, 0.29) is 11.8 Å². The van der Waals surface area contributed by atoms with E-state index in [1.54, 1.807) is 12.4 Å². The minimum atomic E-state index is 0.0750. The first kappa shape index (κ1) is 22.4. The molecule has 9 nitrogen and oxygen atoms in total. The van der Waals surface area contributed by atoms with Crippen molar-refractivity contribution in [2.24, 2.45) is 5.92 Å². The Bertz CT molecular complexity index is 1800. The fraction of sp³-hybridized carbons (Fsp3) is 0.207. The van der Waals surface area contributed by atoms with E-state index in [4.69, 9.17) is 4.98 Å². The third-order valence-electron chi connectivity index (χ3n) is 7.32. The van der Waals surface area contributed by atoms with Crippen molar-refractivity contribution >= 4 is 33.5 Å². The number of pyridine rings is 2. The highest BCUT2D eigenvalue weighted by atomic mass is 16.1. The standard InChI is InChI=1S/C29H26N8O/c1-17-15-37(16-31-17)26-8-4-7-23-21(26)12-25(33-23)28-27-24(35-36-28)10-9-22(34-27)19-11-20(14-30-13-19)32-29(38)18-5-2-3-6-18/h4,7-16,18,33H,2-3,5-6H2,1H3,(H,32,38)(H,35,36). The number of aryl methyl sites for hydroxylation is 1. The van der Waals surface area contributed by atoms with Crippen LogP contribution in [0.2, 0.25) is 0 Å². The molecule has 5 heterocycles. The summed E-state index contributed by atoms with van der Waals surface area (Å²) in [5.41, 5.74) is 8.50. The maximum atomic E-state index is 12.6. The molecular formula is C29H26N8O.